The number of aromatic carboxylic acids is 1. The fourth-order valence-corrected chi connectivity index (χ4v) is 5.26. The van der Waals surface area contributed by atoms with Crippen LogP contribution in [0, 0.1) is 13.8 Å². The Morgan fingerprint density at radius 3 is 2.51 bits per heavy atom. The lowest BCUT2D eigenvalue weighted by molar-refractivity contribution is 0.0697. The molecule has 3 heterocycles. The van der Waals surface area contributed by atoms with Crippen LogP contribution in [0.1, 0.15) is 50.7 Å². The largest absolute Gasteiger partial charge is 0.478 e. The number of carbonyl (C=O) groups is 1. The van der Waals surface area contributed by atoms with Crippen molar-refractivity contribution in [1.29, 1.82) is 0 Å². The average molecular weight is 483 g/mol. The smallest absolute Gasteiger partial charge is 0.335 e. The molecule has 1 aliphatic rings. The van der Waals surface area contributed by atoms with E-state index in [4.69, 9.17) is 12.2 Å². The predicted molar refractivity (Wildman–Crippen MR) is 140 cm³/mol. The van der Waals surface area contributed by atoms with Gasteiger partial charge in [0, 0.05) is 29.8 Å². The number of nitrogens with zero attached hydrogens (tertiary/aromatic N) is 3. The first kappa shape index (κ1) is 22.8. The quantitative estimate of drug-likeness (QED) is 0.361. The number of aromatic nitrogens is 2. The van der Waals surface area contributed by atoms with E-state index in [9.17, 15) is 9.90 Å². The summed E-state index contributed by atoms with van der Waals surface area (Å²) in [5.41, 5.74) is 6.38. The number of nitrogens with one attached hydrogen (secondary N) is 1. The van der Waals surface area contributed by atoms with Gasteiger partial charge in [0.1, 0.15) is 0 Å². The van der Waals surface area contributed by atoms with Crippen LogP contribution in [0.2, 0.25) is 0 Å². The van der Waals surface area contributed by atoms with Gasteiger partial charge in [-0.3, -0.25) is 4.98 Å². The Morgan fingerprint density at radius 1 is 1.03 bits per heavy atom. The molecule has 1 fully saturated rings. The van der Waals surface area contributed by atoms with Gasteiger partial charge in [0.2, 0.25) is 0 Å². The lowest BCUT2D eigenvalue weighted by Gasteiger charge is -2.28. The molecule has 4 aromatic rings. The molecule has 0 radical (unpaired) electrons. The number of aryl methyl sites for hydroxylation is 1. The fraction of sp³-hybridized carbons (Fsp3) is 0.179. The first-order valence-electron chi connectivity index (χ1n) is 11.5. The van der Waals surface area contributed by atoms with Crippen LogP contribution >= 0.6 is 12.2 Å². The minimum absolute atomic E-state index is 0.0831. The molecule has 5 rings (SSSR count). The minimum Gasteiger partial charge on any atom is -0.478 e. The van der Waals surface area contributed by atoms with Crippen LogP contribution in [0.4, 0.5) is 0 Å². The van der Waals surface area contributed by atoms with Crippen molar-refractivity contribution in [2.45, 2.75) is 32.5 Å². The summed E-state index contributed by atoms with van der Waals surface area (Å²) in [4.78, 5) is 18.4. The van der Waals surface area contributed by atoms with Gasteiger partial charge in [0.25, 0.3) is 0 Å². The van der Waals surface area contributed by atoms with E-state index in [1.807, 2.05) is 49.4 Å². The predicted octanol–water partition coefficient (Wildman–Crippen LogP) is 5.36. The molecule has 2 N–H and O–H groups in total. The zero-order valence-electron chi connectivity index (χ0n) is 19.6. The van der Waals surface area contributed by atoms with Crippen molar-refractivity contribution in [3.63, 3.8) is 0 Å². The summed E-state index contributed by atoms with van der Waals surface area (Å²) in [6.45, 7) is 4.79. The number of hydrogen-bond acceptors (Lipinski definition) is 3. The van der Waals surface area contributed by atoms with E-state index in [1.165, 1.54) is 5.56 Å². The second-order valence-electron chi connectivity index (χ2n) is 8.76. The number of thiocarbonyl (C=S) groups is 1. The molecule has 0 bridgehead atoms. The van der Waals surface area contributed by atoms with Crippen molar-refractivity contribution >= 4 is 23.3 Å². The number of carboxylic acid groups (broad SMARTS) is 1. The van der Waals surface area contributed by atoms with Crippen molar-refractivity contribution in [3.8, 4) is 5.69 Å². The summed E-state index contributed by atoms with van der Waals surface area (Å²) in [7, 11) is 0. The SMILES string of the molecule is Cc1cc([C@@H]2[C@H](c3ccccn3)NC(=S)N2Cc2ccccc2)c(C)n1-c1cccc(C(=O)O)c1. The summed E-state index contributed by atoms with van der Waals surface area (Å²) in [5.74, 6) is -0.941. The van der Waals surface area contributed by atoms with Gasteiger partial charge < -0.3 is 19.9 Å². The first-order valence-corrected chi connectivity index (χ1v) is 11.9. The maximum atomic E-state index is 11.6. The van der Waals surface area contributed by atoms with Gasteiger partial charge in [-0.1, -0.05) is 42.5 Å². The van der Waals surface area contributed by atoms with E-state index >= 15 is 0 Å². The van der Waals surface area contributed by atoms with Gasteiger partial charge >= 0.3 is 5.97 Å². The molecule has 2 atom stereocenters. The molecule has 0 unspecified atom stereocenters. The summed E-state index contributed by atoms with van der Waals surface area (Å²) in [5, 5.41) is 13.7. The van der Waals surface area contributed by atoms with E-state index in [-0.39, 0.29) is 17.6 Å². The lowest BCUT2D eigenvalue weighted by atomic mass is 9.96. The highest BCUT2D eigenvalue weighted by Crippen LogP contribution is 2.42. The van der Waals surface area contributed by atoms with Crippen LogP contribution in [0.3, 0.4) is 0 Å². The number of carboxylic acids is 1. The zero-order valence-corrected chi connectivity index (χ0v) is 20.4. The van der Waals surface area contributed by atoms with Crippen LogP contribution in [0.25, 0.3) is 5.69 Å². The molecule has 1 saturated heterocycles. The minimum atomic E-state index is -0.941. The molecule has 0 spiro atoms. The fourth-order valence-electron chi connectivity index (χ4n) is 4.96. The van der Waals surface area contributed by atoms with Crippen molar-refractivity contribution in [1.82, 2.24) is 19.8 Å². The molecular formula is C28H26N4O2S. The Kier molecular flexibility index (Phi) is 6.09. The number of hydrogen-bond donors (Lipinski definition) is 2. The third-order valence-electron chi connectivity index (χ3n) is 6.53. The molecule has 0 amide bonds. The second kappa shape index (κ2) is 9.35. The Labute approximate surface area is 209 Å². The molecule has 2 aromatic carbocycles. The first-order chi connectivity index (χ1) is 16.9. The van der Waals surface area contributed by atoms with Crippen LogP contribution < -0.4 is 5.32 Å². The topological polar surface area (TPSA) is 70.4 Å². The van der Waals surface area contributed by atoms with Crippen molar-refractivity contribution in [3.05, 3.63) is 119 Å². The second-order valence-corrected chi connectivity index (χ2v) is 9.14. The number of benzene rings is 2. The third-order valence-corrected chi connectivity index (χ3v) is 6.89. The molecule has 176 valence electrons. The van der Waals surface area contributed by atoms with E-state index in [0.717, 1.165) is 28.3 Å². The van der Waals surface area contributed by atoms with Crippen molar-refractivity contribution < 1.29 is 9.90 Å². The van der Waals surface area contributed by atoms with Crippen LogP contribution in [-0.2, 0) is 6.54 Å². The monoisotopic (exact) mass is 482 g/mol. The Balaban J connectivity index is 1.62. The highest BCUT2D eigenvalue weighted by molar-refractivity contribution is 7.80. The van der Waals surface area contributed by atoms with Gasteiger partial charge in [0.05, 0.1) is 23.3 Å². The Morgan fingerprint density at radius 2 is 1.80 bits per heavy atom. The maximum Gasteiger partial charge on any atom is 0.335 e. The van der Waals surface area contributed by atoms with E-state index < -0.39 is 5.97 Å². The van der Waals surface area contributed by atoms with Crippen molar-refractivity contribution in [2.75, 3.05) is 0 Å². The molecule has 0 aliphatic carbocycles. The maximum absolute atomic E-state index is 11.6. The summed E-state index contributed by atoms with van der Waals surface area (Å²) in [6.07, 6.45) is 1.80. The third kappa shape index (κ3) is 4.31. The Hall–Kier alpha value is -3.97. The molecule has 6 nitrogen and oxygen atoms in total. The van der Waals surface area contributed by atoms with E-state index in [0.29, 0.717) is 11.7 Å². The molecule has 0 saturated carbocycles. The van der Waals surface area contributed by atoms with Crippen molar-refractivity contribution in [2.24, 2.45) is 0 Å². The van der Waals surface area contributed by atoms with Gasteiger partial charge in [-0.25, -0.2) is 4.79 Å². The number of rotatable bonds is 6. The zero-order chi connectivity index (χ0) is 24.5. The molecule has 1 aliphatic heterocycles. The summed E-state index contributed by atoms with van der Waals surface area (Å²) in [6, 6.07) is 25.2. The van der Waals surface area contributed by atoms with E-state index in [2.05, 4.69) is 44.9 Å². The van der Waals surface area contributed by atoms with Gasteiger partial charge in [0.15, 0.2) is 5.11 Å². The van der Waals surface area contributed by atoms with Gasteiger partial charge in [-0.15, -0.1) is 0 Å². The summed E-state index contributed by atoms with van der Waals surface area (Å²) >= 11 is 5.83. The molecule has 35 heavy (non-hydrogen) atoms. The molecule has 2 aromatic heterocycles. The average Bonchev–Trinajstić information content (AvgIpc) is 3.35. The van der Waals surface area contributed by atoms with Crippen LogP contribution in [0.15, 0.2) is 85.1 Å². The highest BCUT2D eigenvalue weighted by Gasteiger charge is 2.41. The Bertz CT molecular complexity index is 1380. The standard InChI is InChI=1S/C28H26N4O2S/c1-18-15-23(19(2)32(18)22-12-8-11-21(16-22)27(33)34)26-25(24-13-6-7-14-29-24)30-28(35)31(26)17-20-9-4-3-5-10-20/h3-16,25-26H,17H2,1-2H3,(H,30,35)(H,33,34)/t25-,26+/m0/s1. The lowest BCUT2D eigenvalue weighted by Crippen LogP contribution is -2.29. The van der Waals surface area contributed by atoms with Gasteiger partial charge in [-0.2, -0.15) is 0 Å². The summed E-state index contributed by atoms with van der Waals surface area (Å²) < 4.78 is 2.11. The molecule has 7 heteroatoms. The molecular weight excluding hydrogens is 456 g/mol. The normalized spacial score (nSPS) is 17.4. The van der Waals surface area contributed by atoms with Crippen LogP contribution in [-0.4, -0.2) is 30.6 Å². The number of pyridine rings is 1. The van der Waals surface area contributed by atoms with Crippen LogP contribution in [0.5, 0.6) is 0 Å². The highest BCUT2D eigenvalue weighted by atomic mass is 32.1. The van der Waals surface area contributed by atoms with E-state index in [1.54, 1.807) is 24.4 Å². The van der Waals surface area contributed by atoms with Gasteiger partial charge in [-0.05, 0) is 73.6 Å².